The fourth-order valence-corrected chi connectivity index (χ4v) is 4.03. The molecule has 0 aliphatic heterocycles. The second-order valence-corrected chi connectivity index (χ2v) is 8.21. The summed E-state index contributed by atoms with van der Waals surface area (Å²) in [4.78, 5) is 0. The Morgan fingerprint density at radius 3 is 2.27 bits per heavy atom. The van der Waals surface area contributed by atoms with Gasteiger partial charge in [0.2, 0.25) is 0 Å². The van der Waals surface area contributed by atoms with Crippen molar-refractivity contribution in [3.8, 4) is 11.1 Å². The third-order valence-corrected chi connectivity index (χ3v) is 6.01. The van der Waals surface area contributed by atoms with Crippen LogP contribution in [-0.2, 0) is 30.7 Å². The van der Waals surface area contributed by atoms with Gasteiger partial charge in [0.05, 0.1) is 0 Å². The molecule has 0 saturated heterocycles. The van der Waals surface area contributed by atoms with Crippen molar-refractivity contribution in [3.05, 3.63) is 119 Å². The quantitative estimate of drug-likeness (QED) is 0.265. The van der Waals surface area contributed by atoms with Gasteiger partial charge in [-0.05, 0) is 6.42 Å². The van der Waals surface area contributed by atoms with Crippen LogP contribution in [0.3, 0.4) is 0 Å². The van der Waals surface area contributed by atoms with Crippen LogP contribution in [0.15, 0.2) is 84.0 Å². The zero-order valence-electron chi connectivity index (χ0n) is 17.7. The number of hydrogen-bond acceptors (Lipinski definition) is 0. The van der Waals surface area contributed by atoms with Gasteiger partial charge in [-0.15, -0.1) is 12.5 Å². The summed E-state index contributed by atoms with van der Waals surface area (Å²) in [5, 5.41) is 0. The number of halogens is 1. The molecule has 0 nitrogen and oxygen atoms in total. The molecule has 3 aromatic carbocycles. The fraction of sp³-hybridized carbons (Fsp3) is 0.179. The van der Waals surface area contributed by atoms with Crippen molar-refractivity contribution in [2.24, 2.45) is 5.92 Å². The summed E-state index contributed by atoms with van der Waals surface area (Å²) in [6.07, 6.45) is 6.57. The first kappa shape index (κ1) is 22.5. The smallest absolute Gasteiger partial charge is 0.0253 e. The van der Waals surface area contributed by atoms with Gasteiger partial charge in [-0.2, -0.15) is 35.9 Å². The molecule has 0 amide bonds. The number of fused-ring (bicyclic) bond motifs is 3. The van der Waals surface area contributed by atoms with Crippen molar-refractivity contribution in [1.82, 2.24) is 0 Å². The van der Waals surface area contributed by atoms with E-state index in [2.05, 4.69) is 75.4 Å². The maximum Gasteiger partial charge on any atom is -0.0253 e. The molecule has 0 N–H and O–H groups in total. The van der Waals surface area contributed by atoms with Crippen LogP contribution < -0.4 is 0 Å². The van der Waals surface area contributed by atoms with E-state index >= 15 is 0 Å². The molecule has 2 aliphatic carbocycles. The Morgan fingerprint density at radius 1 is 0.967 bits per heavy atom. The van der Waals surface area contributed by atoms with Crippen LogP contribution in [0.5, 0.6) is 0 Å². The Balaban J connectivity index is 0.000000134. The second kappa shape index (κ2) is 10.7. The molecule has 1 unspecified atom stereocenters. The van der Waals surface area contributed by atoms with E-state index in [9.17, 15) is 4.39 Å². The summed E-state index contributed by atoms with van der Waals surface area (Å²) in [6.45, 7) is 6.39. The van der Waals surface area contributed by atoms with Crippen molar-refractivity contribution >= 4 is 3.71 Å². The van der Waals surface area contributed by atoms with Crippen LogP contribution in [0.2, 0.25) is 0 Å². The van der Waals surface area contributed by atoms with Crippen LogP contribution in [0.4, 0.5) is 4.39 Å². The normalized spacial score (nSPS) is 15.5. The predicted molar refractivity (Wildman–Crippen MR) is 120 cm³/mol. The van der Waals surface area contributed by atoms with E-state index in [1.807, 2.05) is 9.78 Å². The van der Waals surface area contributed by atoms with Gasteiger partial charge in [0, 0.05) is 0 Å². The van der Waals surface area contributed by atoms with Crippen molar-refractivity contribution in [2.45, 2.75) is 27.2 Å². The number of hydrogen-bond donors (Lipinski definition) is 0. The Bertz CT molecular complexity index is 1010. The molecular formula is C28H25FZr. The number of allylic oxidation sites excluding steroid dienone is 4. The molecule has 5 rings (SSSR count). The minimum absolute atomic E-state index is 0.170. The first-order chi connectivity index (χ1) is 14.5. The van der Waals surface area contributed by atoms with Crippen molar-refractivity contribution in [1.29, 1.82) is 0 Å². The molecule has 148 valence electrons. The van der Waals surface area contributed by atoms with Crippen molar-refractivity contribution in [2.75, 3.05) is 0 Å². The van der Waals surface area contributed by atoms with Crippen LogP contribution in [0.1, 0.15) is 37.5 Å². The zero-order chi connectivity index (χ0) is 21.5. The molecule has 0 radical (unpaired) electrons. The van der Waals surface area contributed by atoms with E-state index < -0.39 is 0 Å². The summed E-state index contributed by atoms with van der Waals surface area (Å²) >= 11 is 1.34. The first-order valence-corrected chi connectivity index (χ1v) is 11.5. The molecule has 0 spiro atoms. The van der Waals surface area contributed by atoms with E-state index in [0.717, 1.165) is 12.0 Å². The summed E-state index contributed by atoms with van der Waals surface area (Å²) in [7, 11) is 0. The Hall–Kier alpha value is -2.18. The SMILES string of the molecule is CC1=[C-]C(C)C=C1C.Fc1ccc([CH]=[Zr+2])cc1.[c-]1cccc2c1Cc1ccccc1-2. The Labute approximate surface area is 194 Å². The first-order valence-electron chi connectivity index (χ1n) is 10.1. The van der Waals surface area contributed by atoms with Gasteiger partial charge in [-0.25, -0.2) is 11.1 Å². The summed E-state index contributed by atoms with van der Waals surface area (Å²) in [5.74, 6) is 0.381. The molecule has 2 heteroatoms. The van der Waals surface area contributed by atoms with Gasteiger partial charge in [0.15, 0.2) is 0 Å². The van der Waals surface area contributed by atoms with Crippen molar-refractivity contribution < 1.29 is 28.6 Å². The van der Waals surface area contributed by atoms with E-state index in [-0.39, 0.29) is 5.82 Å². The number of rotatable bonds is 1. The molecule has 0 aromatic heterocycles. The predicted octanol–water partition coefficient (Wildman–Crippen LogP) is 6.91. The van der Waals surface area contributed by atoms with Gasteiger partial charge < -0.3 is 0 Å². The van der Waals surface area contributed by atoms with E-state index in [4.69, 9.17) is 0 Å². The molecule has 3 aromatic rings. The Kier molecular flexibility index (Phi) is 8.05. The molecule has 0 bridgehead atoms. The largest absolute Gasteiger partial charge is 0.179 e. The molecule has 2 aliphatic rings. The molecular weight excluding hydrogens is 447 g/mol. The summed E-state index contributed by atoms with van der Waals surface area (Å²) < 4.78 is 14.2. The van der Waals surface area contributed by atoms with Gasteiger partial charge in [0.25, 0.3) is 0 Å². The van der Waals surface area contributed by atoms with E-state index in [1.54, 1.807) is 12.1 Å². The van der Waals surface area contributed by atoms with Crippen LogP contribution >= 0.6 is 0 Å². The maximum absolute atomic E-state index is 12.2. The maximum atomic E-state index is 12.2. The van der Waals surface area contributed by atoms with Crippen LogP contribution in [0, 0.1) is 23.9 Å². The monoisotopic (exact) mass is 470 g/mol. The van der Waals surface area contributed by atoms with Crippen LogP contribution in [0.25, 0.3) is 11.1 Å². The summed E-state index contributed by atoms with van der Waals surface area (Å²) in [5.41, 5.74) is 9.31. The standard InChI is InChI=1S/C13H9.C8H11.C7H5F.Zr/c1-3-7-12-10(5-1)9-11-6-2-4-8-13(11)12;1-6-4-7(2)8(3)5-6;1-6-2-4-7(8)5-3-6;/h1-5,7-8H,9H2;4,6H,1-3H3;1-5H;/q2*-1;;+2. The van der Waals surface area contributed by atoms with Gasteiger partial charge >= 0.3 is 68.0 Å². The van der Waals surface area contributed by atoms with E-state index in [1.165, 1.54) is 69.8 Å². The summed E-state index contributed by atoms with van der Waals surface area (Å²) in [6, 6.07) is 24.6. The van der Waals surface area contributed by atoms with Crippen LogP contribution in [-0.4, -0.2) is 3.71 Å². The molecule has 0 saturated carbocycles. The second-order valence-electron chi connectivity index (χ2n) is 7.50. The fourth-order valence-electron chi connectivity index (χ4n) is 3.55. The molecule has 0 fully saturated rings. The number of benzene rings is 3. The van der Waals surface area contributed by atoms with Crippen molar-refractivity contribution in [3.63, 3.8) is 0 Å². The average molecular weight is 472 g/mol. The van der Waals surface area contributed by atoms with E-state index in [0.29, 0.717) is 5.92 Å². The van der Waals surface area contributed by atoms with Gasteiger partial charge in [0.1, 0.15) is 0 Å². The molecule has 1 atom stereocenters. The molecule has 0 heterocycles. The Morgan fingerprint density at radius 2 is 1.67 bits per heavy atom. The third-order valence-electron chi connectivity index (χ3n) is 5.19. The molecule has 30 heavy (non-hydrogen) atoms. The topological polar surface area (TPSA) is 0 Å². The third kappa shape index (κ3) is 5.92. The minimum Gasteiger partial charge on any atom is -0.179 e. The van der Waals surface area contributed by atoms with Gasteiger partial charge in [-0.1, -0.05) is 55.2 Å². The zero-order valence-corrected chi connectivity index (χ0v) is 20.1. The average Bonchev–Trinajstić information content (AvgIpc) is 3.28. The van der Waals surface area contributed by atoms with Gasteiger partial charge in [-0.3, -0.25) is 6.08 Å². The minimum atomic E-state index is -0.170.